The SMILES string of the molecule is COc1ccc(/C(=C(\c2ccc(/C=C/C(=O)O)cc2)c2ccc3[nH]nc(F)c3c2)C2CCC2)cc1. The minimum absolute atomic E-state index is 0.384. The number of ether oxygens (including phenoxy) is 1. The Morgan fingerprint density at radius 2 is 1.71 bits per heavy atom. The number of rotatable bonds is 7. The van der Waals surface area contributed by atoms with E-state index in [4.69, 9.17) is 9.84 Å². The first-order chi connectivity index (χ1) is 17.0. The first kappa shape index (κ1) is 22.6. The summed E-state index contributed by atoms with van der Waals surface area (Å²) in [5, 5.41) is 15.8. The summed E-state index contributed by atoms with van der Waals surface area (Å²) in [6.07, 6.45) is 6.04. The van der Waals surface area contributed by atoms with Crippen LogP contribution in [0.4, 0.5) is 4.39 Å². The zero-order chi connectivity index (χ0) is 24.4. The number of halogens is 1. The predicted molar refractivity (Wildman–Crippen MR) is 135 cm³/mol. The molecule has 3 aromatic carbocycles. The molecule has 2 N–H and O–H groups in total. The van der Waals surface area contributed by atoms with Crippen LogP contribution in [-0.2, 0) is 4.79 Å². The Morgan fingerprint density at radius 3 is 2.34 bits per heavy atom. The smallest absolute Gasteiger partial charge is 0.328 e. The van der Waals surface area contributed by atoms with E-state index in [0.29, 0.717) is 16.8 Å². The van der Waals surface area contributed by atoms with Gasteiger partial charge in [0.15, 0.2) is 0 Å². The number of hydrogen-bond acceptors (Lipinski definition) is 3. The largest absolute Gasteiger partial charge is 0.497 e. The summed E-state index contributed by atoms with van der Waals surface area (Å²) in [6, 6.07) is 21.6. The molecule has 0 saturated heterocycles. The molecule has 1 aromatic heterocycles. The minimum Gasteiger partial charge on any atom is -0.497 e. The number of methoxy groups -OCH3 is 1. The molecule has 5 nitrogen and oxygen atoms in total. The number of fused-ring (bicyclic) bond motifs is 1. The van der Waals surface area contributed by atoms with E-state index in [0.717, 1.165) is 52.5 Å². The van der Waals surface area contributed by atoms with Crippen molar-refractivity contribution in [3.8, 4) is 5.75 Å². The maximum absolute atomic E-state index is 14.4. The molecule has 6 heteroatoms. The van der Waals surface area contributed by atoms with Crippen LogP contribution in [0, 0.1) is 11.9 Å². The summed E-state index contributed by atoms with van der Waals surface area (Å²) in [5.74, 6) is -0.337. The molecular formula is C29H25FN2O3. The molecule has 1 aliphatic rings. The van der Waals surface area contributed by atoms with Gasteiger partial charge in [-0.15, -0.1) is 5.10 Å². The molecule has 0 atom stereocenters. The number of carboxylic acids is 1. The van der Waals surface area contributed by atoms with E-state index in [1.807, 2.05) is 54.6 Å². The van der Waals surface area contributed by atoms with E-state index >= 15 is 0 Å². The number of aromatic amines is 1. The Bertz CT molecular complexity index is 1430. The van der Waals surface area contributed by atoms with Gasteiger partial charge < -0.3 is 9.84 Å². The summed E-state index contributed by atoms with van der Waals surface area (Å²) >= 11 is 0. The van der Waals surface area contributed by atoms with Crippen molar-refractivity contribution in [3.05, 3.63) is 101 Å². The Balaban J connectivity index is 1.72. The number of benzene rings is 3. The molecule has 1 aliphatic carbocycles. The topological polar surface area (TPSA) is 75.2 Å². The third-order valence-corrected chi connectivity index (χ3v) is 6.61. The van der Waals surface area contributed by atoms with E-state index in [1.165, 1.54) is 12.0 Å². The number of hydrogen-bond donors (Lipinski definition) is 2. The maximum atomic E-state index is 14.4. The molecule has 0 amide bonds. The van der Waals surface area contributed by atoms with E-state index < -0.39 is 11.9 Å². The highest BCUT2D eigenvalue weighted by molar-refractivity contribution is 6.01. The molecule has 176 valence electrons. The highest BCUT2D eigenvalue weighted by Crippen LogP contribution is 2.45. The van der Waals surface area contributed by atoms with Gasteiger partial charge in [-0.3, -0.25) is 5.10 Å². The fourth-order valence-corrected chi connectivity index (χ4v) is 4.60. The average molecular weight is 469 g/mol. The van der Waals surface area contributed by atoms with Crippen LogP contribution in [0.3, 0.4) is 0 Å². The summed E-state index contributed by atoms with van der Waals surface area (Å²) in [7, 11) is 1.65. The molecule has 1 heterocycles. The van der Waals surface area contributed by atoms with Crippen LogP contribution in [0.25, 0.3) is 28.1 Å². The average Bonchev–Trinajstić information content (AvgIpc) is 3.22. The number of carbonyl (C=O) groups is 1. The molecule has 4 aromatic rings. The molecule has 0 spiro atoms. The van der Waals surface area contributed by atoms with Crippen molar-refractivity contribution in [2.45, 2.75) is 19.3 Å². The lowest BCUT2D eigenvalue weighted by atomic mass is 9.73. The number of aliphatic carboxylic acids is 1. The van der Waals surface area contributed by atoms with Crippen LogP contribution >= 0.6 is 0 Å². The fourth-order valence-electron chi connectivity index (χ4n) is 4.60. The molecule has 0 unspecified atom stereocenters. The zero-order valence-corrected chi connectivity index (χ0v) is 19.3. The van der Waals surface area contributed by atoms with Crippen LogP contribution in [0.15, 0.2) is 72.8 Å². The Labute approximate surface area is 202 Å². The lowest BCUT2D eigenvalue weighted by molar-refractivity contribution is -0.131. The fraction of sp³-hybridized carbons (Fsp3) is 0.172. The second-order valence-corrected chi connectivity index (χ2v) is 8.71. The summed E-state index contributed by atoms with van der Waals surface area (Å²) in [5.41, 5.74) is 6.69. The normalized spacial score (nSPS) is 14.7. The Morgan fingerprint density at radius 1 is 1.03 bits per heavy atom. The monoisotopic (exact) mass is 468 g/mol. The molecular weight excluding hydrogens is 443 g/mol. The van der Waals surface area contributed by atoms with Gasteiger partial charge in [0.2, 0.25) is 5.95 Å². The van der Waals surface area contributed by atoms with E-state index in [2.05, 4.69) is 22.3 Å². The van der Waals surface area contributed by atoms with Gasteiger partial charge in [0.1, 0.15) is 5.75 Å². The second kappa shape index (κ2) is 9.58. The number of nitrogens with one attached hydrogen (secondary N) is 1. The van der Waals surface area contributed by atoms with Crippen molar-refractivity contribution in [2.24, 2.45) is 5.92 Å². The van der Waals surface area contributed by atoms with Gasteiger partial charge >= 0.3 is 5.97 Å². The Kier molecular flexibility index (Phi) is 6.19. The van der Waals surface area contributed by atoms with Crippen LogP contribution in [0.2, 0.25) is 0 Å². The minimum atomic E-state index is -0.989. The van der Waals surface area contributed by atoms with Gasteiger partial charge in [0.25, 0.3) is 0 Å². The van der Waals surface area contributed by atoms with Crippen molar-refractivity contribution in [1.82, 2.24) is 10.2 Å². The molecule has 1 fully saturated rings. The highest BCUT2D eigenvalue weighted by Gasteiger charge is 2.27. The van der Waals surface area contributed by atoms with Crippen molar-refractivity contribution < 1.29 is 19.0 Å². The lowest BCUT2D eigenvalue weighted by Crippen LogP contribution is -2.15. The van der Waals surface area contributed by atoms with Gasteiger partial charge in [0, 0.05) is 6.08 Å². The van der Waals surface area contributed by atoms with Crippen molar-refractivity contribution >= 4 is 34.1 Å². The summed E-state index contributed by atoms with van der Waals surface area (Å²) in [4.78, 5) is 10.9. The maximum Gasteiger partial charge on any atom is 0.328 e. The molecule has 1 saturated carbocycles. The van der Waals surface area contributed by atoms with E-state index in [9.17, 15) is 9.18 Å². The number of H-pyrrole nitrogens is 1. The molecule has 5 rings (SSSR count). The number of nitrogens with zero attached hydrogens (tertiary/aromatic N) is 1. The van der Waals surface area contributed by atoms with Crippen LogP contribution < -0.4 is 4.74 Å². The standard InChI is InChI=1S/C29H25FN2O3/c1-35-23-13-10-21(11-14-23)27(19-3-2-4-19)28(20-8-5-18(6-9-20)7-16-26(33)34)22-12-15-25-24(17-22)29(30)32-31-25/h5-17,19H,2-4H2,1H3,(H,31,32)(H,33,34)/b16-7+,28-27+. The molecule has 0 aliphatic heterocycles. The van der Waals surface area contributed by atoms with E-state index in [1.54, 1.807) is 13.2 Å². The Hall–Kier alpha value is -4.19. The first-order valence-electron chi connectivity index (χ1n) is 11.6. The summed E-state index contributed by atoms with van der Waals surface area (Å²) < 4.78 is 19.8. The number of carboxylic acid groups (broad SMARTS) is 1. The number of allylic oxidation sites excluding steroid dienone is 1. The second-order valence-electron chi connectivity index (χ2n) is 8.71. The highest BCUT2D eigenvalue weighted by atomic mass is 19.1. The van der Waals surface area contributed by atoms with Gasteiger partial charge in [-0.05, 0) is 82.5 Å². The van der Waals surface area contributed by atoms with Gasteiger partial charge in [0.05, 0.1) is 18.0 Å². The van der Waals surface area contributed by atoms with Gasteiger partial charge in [-0.25, -0.2) is 4.79 Å². The van der Waals surface area contributed by atoms with Gasteiger partial charge in [-0.1, -0.05) is 48.9 Å². The zero-order valence-electron chi connectivity index (χ0n) is 19.3. The van der Waals surface area contributed by atoms with Gasteiger partial charge in [-0.2, -0.15) is 4.39 Å². The number of aromatic nitrogens is 2. The summed E-state index contributed by atoms with van der Waals surface area (Å²) in [6.45, 7) is 0. The lowest BCUT2D eigenvalue weighted by Gasteiger charge is -2.31. The molecule has 0 radical (unpaired) electrons. The van der Waals surface area contributed by atoms with Crippen molar-refractivity contribution in [3.63, 3.8) is 0 Å². The quantitative estimate of drug-likeness (QED) is 0.238. The van der Waals surface area contributed by atoms with Crippen LogP contribution in [0.1, 0.15) is 41.5 Å². The van der Waals surface area contributed by atoms with E-state index in [-0.39, 0.29) is 0 Å². The predicted octanol–water partition coefficient (Wildman–Crippen LogP) is 6.57. The molecule has 35 heavy (non-hydrogen) atoms. The molecule has 0 bridgehead atoms. The van der Waals surface area contributed by atoms with Crippen molar-refractivity contribution in [1.29, 1.82) is 0 Å². The van der Waals surface area contributed by atoms with Crippen molar-refractivity contribution in [2.75, 3.05) is 7.11 Å². The third-order valence-electron chi connectivity index (χ3n) is 6.61. The van der Waals surface area contributed by atoms with Crippen LogP contribution in [-0.4, -0.2) is 28.4 Å². The first-order valence-corrected chi connectivity index (χ1v) is 11.6. The van der Waals surface area contributed by atoms with Crippen LogP contribution in [0.5, 0.6) is 5.75 Å². The third kappa shape index (κ3) is 4.60.